The Hall–Kier alpha value is -1.69. The topological polar surface area (TPSA) is 61.9 Å². The van der Waals surface area contributed by atoms with Crippen molar-refractivity contribution in [1.29, 1.82) is 0 Å². The highest BCUT2D eigenvalue weighted by atomic mass is 19.2. The smallest absolute Gasteiger partial charge is 0.163 e. The van der Waals surface area contributed by atoms with Crippen molar-refractivity contribution in [3.05, 3.63) is 35.4 Å². The fraction of sp³-hybridized carbons (Fsp3) is 0.364. The first-order valence-corrected chi connectivity index (χ1v) is 5.08. The fourth-order valence-corrected chi connectivity index (χ4v) is 1.39. The van der Waals surface area contributed by atoms with Gasteiger partial charge in [0.1, 0.15) is 0 Å². The zero-order valence-corrected chi connectivity index (χ0v) is 9.69. The summed E-state index contributed by atoms with van der Waals surface area (Å²) in [5.41, 5.74) is 5.66. The zero-order chi connectivity index (χ0) is 13.0. The Morgan fingerprint density at radius 3 is 2.76 bits per heavy atom. The molecule has 1 atom stereocenters. The second kappa shape index (κ2) is 5.58. The molecule has 0 radical (unpaired) electrons. The van der Waals surface area contributed by atoms with Gasteiger partial charge in [-0.05, 0) is 20.0 Å². The number of halogens is 2. The average Bonchev–Trinajstić information content (AvgIpc) is 2.32. The van der Waals surface area contributed by atoms with Crippen LogP contribution in [0.4, 0.5) is 8.78 Å². The van der Waals surface area contributed by atoms with Gasteiger partial charge in [0, 0.05) is 12.1 Å². The molecule has 0 aliphatic rings. The summed E-state index contributed by atoms with van der Waals surface area (Å²) in [6.07, 6.45) is 0. The molecule has 0 aliphatic carbocycles. The number of likely N-dealkylation sites (N-methyl/N-ethyl adjacent to an activating group) is 1. The molecule has 1 unspecified atom stereocenters. The highest BCUT2D eigenvalue weighted by Gasteiger charge is 2.16. The third-order valence-corrected chi connectivity index (χ3v) is 2.66. The number of amidine groups is 1. The molecule has 1 rings (SSSR count). The molecule has 94 valence electrons. The van der Waals surface area contributed by atoms with Crippen molar-refractivity contribution < 1.29 is 14.0 Å². The van der Waals surface area contributed by atoms with Crippen molar-refractivity contribution in [3.63, 3.8) is 0 Å². The molecule has 0 aromatic heterocycles. The number of rotatable bonds is 4. The molecular weight excluding hydrogens is 228 g/mol. The van der Waals surface area contributed by atoms with E-state index in [0.717, 1.165) is 6.07 Å². The third-order valence-electron chi connectivity index (χ3n) is 2.66. The molecule has 17 heavy (non-hydrogen) atoms. The summed E-state index contributed by atoms with van der Waals surface area (Å²) in [4.78, 5) is 1.65. The van der Waals surface area contributed by atoms with E-state index in [9.17, 15) is 8.78 Å². The second-order valence-electron chi connectivity index (χ2n) is 3.83. The van der Waals surface area contributed by atoms with Gasteiger partial charge in [-0.2, -0.15) is 0 Å². The van der Waals surface area contributed by atoms with Crippen molar-refractivity contribution in [3.8, 4) is 0 Å². The quantitative estimate of drug-likeness (QED) is 0.365. The van der Waals surface area contributed by atoms with Crippen LogP contribution in [-0.2, 0) is 6.54 Å². The Morgan fingerprint density at radius 1 is 1.53 bits per heavy atom. The van der Waals surface area contributed by atoms with Crippen LogP contribution < -0.4 is 5.73 Å². The van der Waals surface area contributed by atoms with Gasteiger partial charge >= 0.3 is 0 Å². The van der Waals surface area contributed by atoms with Gasteiger partial charge in [0.2, 0.25) is 0 Å². The minimum absolute atomic E-state index is 0.0179. The summed E-state index contributed by atoms with van der Waals surface area (Å²) >= 11 is 0. The normalized spacial score (nSPS) is 14.1. The lowest BCUT2D eigenvalue weighted by Gasteiger charge is -2.23. The molecule has 4 nitrogen and oxygen atoms in total. The highest BCUT2D eigenvalue weighted by molar-refractivity contribution is 5.84. The molecule has 0 fully saturated rings. The van der Waals surface area contributed by atoms with Gasteiger partial charge < -0.3 is 10.9 Å². The Labute approximate surface area is 98.3 Å². The maximum Gasteiger partial charge on any atom is 0.163 e. The minimum atomic E-state index is -0.882. The van der Waals surface area contributed by atoms with Crippen LogP contribution in [0, 0.1) is 11.6 Å². The predicted molar refractivity (Wildman–Crippen MR) is 60.7 cm³/mol. The Balaban J connectivity index is 2.81. The average molecular weight is 243 g/mol. The van der Waals surface area contributed by atoms with Gasteiger partial charge in [0.05, 0.1) is 6.04 Å². The largest absolute Gasteiger partial charge is 0.409 e. The van der Waals surface area contributed by atoms with E-state index in [1.54, 1.807) is 18.9 Å². The van der Waals surface area contributed by atoms with Crippen LogP contribution in [0.15, 0.2) is 23.4 Å². The van der Waals surface area contributed by atoms with Crippen molar-refractivity contribution in [1.82, 2.24) is 4.90 Å². The lowest BCUT2D eigenvalue weighted by molar-refractivity contribution is 0.275. The van der Waals surface area contributed by atoms with Gasteiger partial charge in [0.25, 0.3) is 0 Å². The van der Waals surface area contributed by atoms with Gasteiger partial charge in [-0.3, -0.25) is 4.90 Å². The summed E-state index contributed by atoms with van der Waals surface area (Å²) in [5, 5.41) is 11.4. The number of oxime groups is 1. The molecule has 0 bridgehead atoms. The number of nitrogens with zero attached hydrogens (tertiary/aromatic N) is 2. The lowest BCUT2D eigenvalue weighted by atomic mass is 10.1. The van der Waals surface area contributed by atoms with Crippen LogP contribution >= 0.6 is 0 Å². The van der Waals surface area contributed by atoms with Gasteiger partial charge in [-0.1, -0.05) is 17.3 Å². The zero-order valence-electron chi connectivity index (χ0n) is 9.69. The van der Waals surface area contributed by atoms with E-state index < -0.39 is 11.6 Å². The van der Waals surface area contributed by atoms with Crippen LogP contribution in [0.2, 0.25) is 0 Å². The Morgan fingerprint density at radius 2 is 2.18 bits per heavy atom. The monoisotopic (exact) mass is 243 g/mol. The third kappa shape index (κ3) is 3.13. The molecule has 1 aromatic rings. The molecule has 0 saturated carbocycles. The first kappa shape index (κ1) is 13.4. The van der Waals surface area contributed by atoms with Crippen LogP contribution in [-0.4, -0.2) is 29.0 Å². The predicted octanol–water partition coefficient (Wildman–Crippen LogP) is 1.53. The van der Waals surface area contributed by atoms with Gasteiger partial charge in [0.15, 0.2) is 17.5 Å². The molecule has 3 N–H and O–H groups in total. The summed E-state index contributed by atoms with van der Waals surface area (Å²) < 4.78 is 26.4. The van der Waals surface area contributed by atoms with E-state index in [-0.39, 0.29) is 24.0 Å². The van der Waals surface area contributed by atoms with Crippen molar-refractivity contribution in [2.24, 2.45) is 10.9 Å². The van der Waals surface area contributed by atoms with Crippen LogP contribution in [0.1, 0.15) is 12.5 Å². The molecule has 0 saturated heterocycles. The van der Waals surface area contributed by atoms with Crippen LogP contribution in [0.5, 0.6) is 0 Å². The van der Waals surface area contributed by atoms with Gasteiger partial charge in [-0.25, -0.2) is 8.78 Å². The number of hydrogen-bond donors (Lipinski definition) is 2. The van der Waals surface area contributed by atoms with E-state index >= 15 is 0 Å². The lowest BCUT2D eigenvalue weighted by Crippen LogP contribution is -2.40. The second-order valence-corrected chi connectivity index (χ2v) is 3.83. The number of benzene rings is 1. The molecule has 1 aromatic carbocycles. The van der Waals surface area contributed by atoms with E-state index in [2.05, 4.69) is 5.16 Å². The molecule has 0 spiro atoms. The van der Waals surface area contributed by atoms with E-state index in [4.69, 9.17) is 10.9 Å². The first-order valence-electron chi connectivity index (χ1n) is 5.08. The standard InChI is InChI=1S/C11H15F2N3O/c1-7(11(14)15-17)16(2)6-8-4-3-5-9(12)10(8)13/h3-5,7,17H,6H2,1-2H3,(H2,14,15). The van der Waals surface area contributed by atoms with Crippen molar-refractivity contribution in [2.75, 3.05) is 7.05 Å². The minimum Gasteiger partial charge on any atom is -0.409 e. The van der Waals surface area contributed by atoms with E-state index in [1.165, 1.54) is 12.1 Å². The van der Waals surface area contributed by atoms with E-state index in [1.807, 2.05) is 0 Å². The number of nitrogens with two attached hydrogens (primary N) is 1. The maximum atomic E-state index is 13.4. The highest BCUT2D eigenvalue weighted by Crippen LogP contribution is 2.14. The summed E-state index contributed by atoms with van der Waals surface area (Å²) in [7, 11) is 1.67. The van der Waals surface area contributed by atoms with Crippen LogP contribution in [0.25, 0.3) is 0 Å². The first-order chi connectivity index (χ1) is 7.97. The number of hydrogen-bond acceptors (Lipinski definition) is 3. The summed E-state index contributed by atoms with van der Waals surface area (Å²) in [6.45, 7) is 1.87. The molecule has 0 heterocycles. The van der Waals surface area contributed by atoms with E-state index in [0.29, 0.717) is 0 Å². The summed E-state index contributed by atoms with van der Waals surface area (Å²) in [6, 6.07) is 3.62. The SMILES string of the molecule is CC(C(N)=NO)N(C)Cc1cccc(F)c1F. The maximum absolute atomic E-state index is 13.4. The van der Waals surface area contributed by atoms with Crippen molar-refractivity contribution >= 4 is 5.84 Å². The molecular formula is C11H15F2N3O. The molecule has 0 aliphatic heterocycles. The fourth-order valence-electron chi connectivity index (χ4n) is 1.39. The Bertz CT molecular complexity index is 423. The van der Waals surface area contributed by atoms with Crippen LogP contribution in [0.3, 0.4) is 0 Å². The molecule has 6 heteroatoms. The Kier molecular flexibility index (Phi) is 4.39. The summed E-state index contributed by atoms with van der Waals surface area (Å²) in [5.74, 6) is -1.73. The molecule has 0 amide bonds. The van der Waals surface area contributed by atoms with Gasteiger partial charge in [-0.15, -0.1) is 0 Å². The van der Waals surface area contributed by atoms with Crippen molar-refractivity contribution in [2.45, 2.75) is 19.5 Å².